The van der Waals surface area contributed by atoms with Gasteiger partial charge in [-0.1, -0.05) is 18.2 Å². The summed E-state index contributed by atoms with van der Waals surface area (Å²) < 4.78 is 21.8. The molecule has 3 aromatic rings. The van der Waals surface area contributed by atoms with Gasteiger partial charge in [0.25, 0.3) is 0 Å². The van der Waals surface area contributed by atoms with Crippen LogP contribution in [0.2, 0.25) is 0 Å². The van der Waals surface area contributed by atoms with E-state index in [0.717, 1.165) is 37.4 Å². The third-order valence-electron chi connectivity index (χ3n) is 5.66. The molecule has 140 valence electrons. The van der Waals surface area contributed by atoms with Gasteiger partial charge in [-0.25, -0.2) is 4.39 Å². The van der Waals surface area contributed by atoms with Gasteiger partial charge in [-0.3, -0.25) is 0 Å². The number of hydrogen-bond acceptors (Lipinski definition) is 4. The second-order valence-electron chi connectivity index (χ2n) is 7.54. The molecule has 2 aliphatic rings. The van der Waals surface area contributed by atoms with Crippen molar-refractivity contribution in [2.45, 2.75) is 12.5 Å². The van der Waals surface area contributed by atoms with Crippen LogP contribution >= 0.6 is 11.3 Å². The average Bonchev–Trinajstić information content (AvgIpc) is 3.12. The highest BCUT2D eigenvalue weighted by atomic mass is 32.1. The lowest BCUT2D eigenvalue weighted by molar-refractivity contribution is 0.122. The molecule has 0 aliphatic carbocycles. The third kappa shape index (κ3) is 3.14. The Balaban J connectivity index is 1.57. The lowest BCUT2D eigenvalue weighted by Crippen LogP contribution is -2.37. The van der Waals surface area contributed by atoms with Crippen LogP contribution in [0, 0.1) is 5.82 Å². The van der Waals surface area contributed by atoms with Gasteiger partial charge in [0.05, 0.1) is 18.9 Å². The van der Waals surface area contributed by atoms with Crippen LogP contribution in [0.1, 0.15) is 21.9 Å². The molecule has 0 radical (unpaired) electrons. The molecular weight excluding hydrogens is 359 g/mol. The van der Waals surface area contributed by atoms with Crippen molar-refractivity contribution in [3.63, 3.8) is 0 Å². The van der Waals surface area contributed by atoms with Gasteiger partial charge < -0.3 is 14.5 Å². The summed E-state index contributed by atoms with van der Waals surface area (Å²) in [6.45, 7) is 4.64. The molecule has 1 fully saturated rings. The Kier molecular flexibility index (Phi) is 4.38. The van der Waals surface area contributed by atoms with Gasteiger partial charge in [-0.15, -0.1) is 11.3 Å². The fourth-order valence-electron chi connectivity index (χ4n) is 4.31. The first kappa shape index (κ1) is 17.2. The van der Waals surface area contributed by atoms with Crippen LogP contribution in [0.5, 0.6) is 0 Å². The molecule has 0 bridgehead atoms. The zero-order valence-electron chi connectivity index (χ0n) is 15.5. The maximum atomic E-state index is 15.1. The van der Waals surface area contributed by atoms with Gasteiger partial charge in [0.1, 0.15) is 5.82 Å². The Morgan fingerprint density at radius 1 is 1.11 bits per heavy atom. The fourth-order valence-corrected chi connectivity index (χ4v) is 5.49. The summed E-state index contributed by atoms with van der Waals surface area (Å²) in [5, 5.41) is 1.28. The van der Waals surface area contributed by atoms with E-state index in [0.29, 0.717) is 13.2 Å². The first-order chi connectivity index (χ1) is 13.2. The van der Waals surface area contributed by atoms with E-state index in [-0.39, 0.29) is 11.7 Å². The maximum absolute atomic E-state index is 15.1. The van der Waals surface area contributed by atoms with E-state index in [1.807, 2.05) is 11.3 Å². The highest BCUT2D eigenvalue weighted by Crippen LogP contribution is 2.40. The molecule has 1 aromatic heterocycles. The monoisotopic (exact) mass is 382 g/mol. The molecule has 0 spiro atoms. The summed E-state index contributed by atoms with van der Waals surface area (Å²) >= 11 is 1.83. The number of ether oxygens (including phenoxy) is 1. The van der Waals surface area contributed by atoms with Gasteiger partial charge in [0.2, 0.25) is 0 Å². The van der Waals surface area contributed by atoms with Crippen LogP contribution in [0.25, 0.3) is 10.1 Å². The van der Waals surface area contributed by atoms with Gasteiger partial charge >= 0.3 is 0 Å². The summed E-state index contributed by atoms with van der Waals surface area (Å²) in [7, 11) is 2.15. The molecule has 3 heterocycles. The third-order valence-corrected chi connectivity index (χ3v) is 6.89. The number of fused-ring (bicyclic) bond motifs is 2. The fraction of sp³-hybridized carbons (Fsp3) is 0.364. The molecule has 3 nitrogen and oxygen atoms in total. The quantitative estimate of drug-likeness (QED) is 0.651. The molecule has 0 saturated carbocycles. The van der Waals surface area contributed by atoms with E-state index < -0.39 is 0 Å². The second-order valence-corrected chi connectivity index (χ2v) is 8.65. The molecule has 27 heavy (non-hydrogen) atoms. The van der Waals surface area contributed by atoms with E-state index >= 15 is 4.39 Å². The van der Waals surface area contributed by atoms with Crippen molar-refractivity contribution < 1.29 is 9.13 Å². The summed E-state index contributed by atoms with van der Waals surface area (Å²) in [4.78, 5) is 5.78. The van der Waals surface area contributed by atoms with Crippen LogP contribution in [0.3, 0.4) is 0 Å². The second kappa shape index (κ2) is 6.89. The lowest BCUT2D eigenvalue weighted by atomic mass is 9.88. The highest BCUT2D eigenvalue weighted by molar-refractivity contribution is 7.19. The number of rotatable bonds is 2. The van der Waals surface area contributed by atoms with Crippen LogP contribution in [0.4, 0.5) is 10.1 Å². The first-order valence-corrected chi connectivity index (χ1v) is 10.3. The number of anilines is 1. The number of hydrogen-bond donors (Lipinski definition) is 0. The lowest BCUT2D eigenvalue weighted by Gasteiger charge is -2.34. The smallest absolute Gasteiger partial charge is 0.146 e. The first-order valence-electron chi connectivity index (χ1n) is 9.51. The van der Waals surface area contributed by atoms with E-state index in [1.54, 1.807) is 6.07 Å². The van der Waals surface area contributed by atoms with Crippen LogP contribution in [-0.2, 0) is 11.3 Å². The molecule has 1 unspecified atom stereocenters. The van der Waals surface area contributed by atoms with Gasteiger partial charge in [0.15, 0.2) is 0 Å². The van der Waals surface area contributed by atoms with Crippen molar-refractivity contribution in [2.75, 3.05) is 44.8 Å². The van der Waals surface area contributed by atoms with Crippen LogP contribution in [0.15, 0.2) is 42.5 Å². The minimum Gasteiger partial charge on any atom is -0.378 e. The number of morpholine rings is 1. The molecule has 0 amide bonds. The molecule has 0 N–H and O–H groups in total. The Morgan fingerprint density at radius 3 is 2.74 bits per heavy atom. The number of halogens is 1. The van der Waals surface area contributed by atoms with Crippen molar-refractivity contribution in [3.8, 4) is 0 Å². The molecule has 2 aromatic carbocycles. The number of benzene rings is 2. The van der Waals surface area contributed by atoms with Crippen LogP contribution < -0.4 is 4.90 Å². The van der Waals surface area contributed by atoms with E-state index in [1.165, 1.54) is 20.5 Å². The predicted molar refractivity (Wildman–Crippen MR) is 109 cm³/mol. The Morgan fingerprint density at radius 2 is 1.93 bits per heavy atom. The summed E-state index contributed by atoms with van der Waals surface area (Å²) in [5.74, 6) is 0.121. The molecule has 5 rings (SSSR count). The van der Waals surface area contributed by atoms with Crippen molar-refractivity contribution in [1.29, 1.82) is 0 Å². The summed E-state index contributed by atoms with van der Waals surface area (Å²) in [5.41, 5.74) is 3.12. The summed E-state index contributed by atoms with van der Waals surface area (Å²) in [6, 6.07) is 14.6. The van der Waals surface area contributed by atoms with E-state index in [4.69, 9.17) is 4.74 Å². The predicted octanol–water partition coefficient (Wildman–Crippen LogP) is 4.45. The molecule has 2 aliphatic heterocycles. The maximum Gasteiger partial charge on any atom is 0.146 e. The number of nitrogens with zero attached hydrogens (tertiary/aromatic N) is 2. The van der Waals surface area contributed by atoms with Gasteiger partial charge in [-0.2, -0.15) is 0 Å². The molecule has 1 saturated heterocycles. The largest absolute Gasteiger partial charge is 0.378 e. The topological polar surface area (TPSA) is 15.7 Å². The number of likely N-dealkylation sites (N-methyl/N-ethyl adjacent to an activating group) is 1. The minimum absolute atomic E-state index is 0.105. The Bertz CT molecular complexity index is 947. The van der Waals surface area contributed by atoms with Crippen molar-refractivity contribution in [3.05, 3.63) is 64.3 Å². The zero-order chi connectivity index (χ0) is 18.4. The molecular formula is C22H23FN2OS. The standard InChI is InChI=1S/C22H23FN2OS/c1-24-13-16-10-20(25-6-8-26-9-7-25)19(23)12-17(16)18(14-24)22-11-15-4-2-3-5-21(15)27-22/h2-5,10-12,18H,6-9,13-14H2,1H3. The van der Waals surface area contributed by atoms with Crippen LogP contribution in [-0.4, -0.2) is 44.8 Å². The zero-order valence-corrected chi connectivity index (χ0v) is 16.3. The minimum atomic E-state index is -0.105. The highest BCUT2D eigenvalue weighted by Gasteiger charge is 2.29. The molecule has 1 atom stereocenters. The van der Waals surface area contributed by atoms with Gasteiger partial charge in [0, 0.05) is 41.7 Å². The summed E-state index contributed by atoms with van der Waals surface area (Å²) in [6.07, 6.45) is 0. The Hall–Kier alpha value is -1.95. The Labute approximate surface area is 163 Å². The van der Waals surface area contributed by atoms with E-state index in [2.05, 4.69) is 53.2 Å². The van der Waals surface area contributed by atoms with Crippen molar-refractivity contribution in [2.24, 2.45) is 0 Å². The van der Waals surface area contributed by atoms with Gasteiger partial charge in [-0.05, 0) is 47.8 Å². The van der Waals surface area contributed by atoms with Crippen molar-refractivity contribution >= 4 is 27.1 Å². The SMILES string of the molecule is CN1Cc2cc(N3CCOCC3)c(F)cc2C(c2cc3ccccc3s2)C1. The average molecular weight is 383 g/mol. The normalized spacial score (nSPS) is 20.8. The van der Waals surface area contributed by atoms with Crippen molar-refractivity contribution in [1.82, 2.24) is 4.90 Å². The van der Waals surface area contributed by atoms with E-state index in [9.17, 15) is 0 Å². The molecule has 5 heteroatoms. The number of thiophene rings is 1.